The predicted octanol–water partition coefficient (Wildman–Crippen LogP) is 1.83. The smallest absolute Gasteiger partial charge is 0.263 e. The van der Waals surface area contributed by atoms with Gasteiger partial charge in [-0.05, 0) is 49.7 Å². The van der Waals surface area contributed by atoms with Gasteiger partial charge in [0, 0.05) is 43.1 Å². The maximum atomic E-state index is 12.7. The van der Waals surface area contributed by atoms with Crippen molar-refractivity contribution in [3.63, 3.8) is 0 Å². The maximum absolute atomic E-state index is 12.7. The summed E-state index contributed by atoms with van der Waals surface area (Å²) in [6.45, 7) is 3.57. The highest BCUT2D eigenvalue weighted by Crippen LogP contribution is 2.30. The van der Waals surface area contributed by atoms with Crippen LogP contribution < -0.4 is 30.6 Å². The van der Waals surface area contributed by atoms with Crippen molar-refractivity contribution in [2.45, 2.75) is 32.4 Å². The Hall–Kier alpha value is -3.92. The van der Waals surface area contributed by atoms with E-state index in [0.717, 1.165) is 22.9 Å². The fourth-order valence-corrected chi connectivity index (χ4v) is 4.60. The molecule has 5 rings (SSSR count). The van der Waals surface area contributed by atoms with Gasteiger partial charge in [0.1, 0.15) is 11.6 Å². The van der Waals surface area contributed by atoms with Crippen LogP contribution in [0.15, 0.2) is 41.2 Å². The second-order valence-corrected chi connectivity index (χ2v) is 8.77. The summed E-state index contributed by atoms with van der Waals surface area (Å²) in [4.78, 5) is 42.9. The van der Waals surface area contributed by atoms with Gasteiger partial charge in [0.05, 0.1) is 12.6 Å². The Morgan fingerprint density at radius 1 is 1.20 bits per heavy atom. The average molecular weight is 478 g/mol. The number of aromatic nitrogens is 2. The van der Waals surface area contributed by atoms with Gasteiger partial charge in [-0.3, -0.25) is 19.3 Å². The van der Waals surface area contributed by atoms with Crippen LogP contribution in [-0.4, -0.2) is 54.2 Å². The Bertz CT molecular complexity index is 1370. The number of pyridine rings is 2. The predicted molar refractivity (Wildman–Crippen MR) is 131 cm³/mol. The second kappa shape index (κ2) is 9.38. The molecule has 0 aliphatic carbocycles. The number of hydrogen-bond donors (Lipinski definition) is 2. The van der Waals surface area contributed by atoms with Crippen LogP contribution in [-0.2, 0) is 16.1 Å². The zero-order valence-corrected chi connectivity index (χ0v) is 19.7. The number of ether oxygens (including phenoxy) is 2. The Balaban J connectivity index is 1.21. The fraction of sp³-hybridized carbons (Fsp3) is 0.360. The number of methoxy groups -OCH3 is 1. The zero-order chi connectivity index (χ0) is 24.5. The van der Waals surface area contributed by atoms with Crippen molar-refractivity contribution in [3.8, 4) is 11.5 Å². The van der Waals surface area contributed by atoms with Crippen LogP contribution >= 0.6 is 0 Å². The molecule has 4 heterocycles. The fourth-order valence-electron chi connectivity index (χ4n) is 4.60. The summed E-state index contributed by atoms with van der Waals surface area (Å²) in [6, 6.07) is 10.8. The minimum Gasteiger partial charge on any atom is -0.497 e. The number of nitrogens with zero attached hydrogens (tertiary/aromatic N) is 3. The number of carbonyl (C=O) groups is 2. The first-order chi connectivity index (χ1) is 16.9. The first-order valence-corrected chi connectivity index (χ1v) is 11.6. The van der Waals surface area contributed by atoms with E-state index in [2.05, 4.69) is 15.6 Å². The van der Waals surface area contributed by atoms with Gasteiger partial charge in [-0.2, -0.15) is 0 Å². The molecule has 2 aliphatic rings. The average Bonchev–Trinajstić information content (AvgIpc) is 3.22. The molecule has 10 heteroatoms. The molecule has 0 unspecified atom stereocenters. The van der Waals surface area contributed by atoms with E-state index in [-0.39, 0.29) is 30.0 Å². The number of nitrogens with one attached hydrogen (secondary N) is 2. The lowest BCUT2D eigenvalue weighted by Crippen LogP contribution is -2.34. The third-order valence-electron chi connectivity index (χ3n) is 6.38. The zero-order valence-electron chi connectivity index (χ0n) is 19.7. The SMILES string of the molecule is COc1ccc2c(C)cc(=O)n(CCCN[C@@H]3CC(=O)N(c4ccc5c(n4)NC(=O)CO5)C3)c2c1. The molecule has 1 fully saturated rings. The molecular formula is C25H27N5O5. The topological polar surface area (TPSA) is 115 Å². The van der Waals surface area contributed by atoms with Crippen LogP contribution in [0.2, 0.25) is 0 Å². The molecular weight excluding hydrogens is 450 g/mol. The molecule has 0 saturated carbocycles. The number of fused-ring (bicyclic) bond motifs is 2. The molecule has 1 atom stereocenters. The van der Waals surface area contributed by atoms with E-state index >= 15 is 0 Å². The van der Waals surface area contributed by atoms with E-state index < -0.39 is 0 Å². The Kier molecular flexibility index (Phi) is 6.12. The van der Waals surface area contributed by atoms with E-state index in [1.807, 2.05) is 25.1 Å². The number of hydrogen-bond acceptors (Lipinski definition) is 7. The number of anilines is 2. The van der Waals surface area contributed by atoms with Crippen molar-refractivity contribution in [2.75, 3.05) is 37.0 Å². The third-order valence-corrected chi connectivity index (χ3v) is 6.38. The van der Waals surface area contributed by atoms with Gasteiger partial charge in [0.2, 0.25) is 5.91 Å². The largest absolute Gasteiger partial charge is 0.497 e. The highest BCUT2D eigenvalue weighted by molar-refractivity contribution is 5.97. The van der Waals surface area contributed by atoms with Crippen LogP contribution in [0.3, 0.4) is 0 Å². The number of rotatable bonds is 7. The normalized spacial score (nSPS) is 17.3. The summed E-state index contributed by atoms with van der Waals surface area (Å²) < 4.78 is 12.5. The van der Waals surface area contributed by atoms with Gasteiger partial charge in [0.25, 0.3) is 11.5 Å². The minimum absolute atomic E-state index is 0.0299. The third kappa shape index (κ3) is 4.57. The van der Waals surface area contributed by atoms with Crippen LogP contribution in [0.5, 0.6) is 11.5 Å². The Morgan fingerprint density at radius 3 is 2.89 bits per heavy atom. The first-order valence-electron chi connectivity index (χ1n) is 11.6. The highest BCUT2D eigenvalue weighted by atomic mass is 16.5. The number of carbonyl (C=O) groups excluding carboxylic acids is 2. The second-order valence-electron chi connectivity index (χ2n) is 8.77. The van der Waals surface area contributed by atoms with Crippen LogP contribution in [0.1, 0.15) is 18.4 Å². The van der Waals surface area contributed by atoms with Crippen LogP contribution in [0.25, 0.3) is 10.9 Å². The summed E-state index contributed by atoms with van der Waals surface area (Å²) >= 11 is 0. The van der Waals surface area contributed by atoms with Crippen molar-refractivity contribution < 1.29 is 19.1 Å². The molecule has 35 heavy (non-hydrogen) atoms. The maximum Gasteiger partial charge on any atom is 0.263 e. The molecule has 2 N–H and O–H groups in total. The standard InChI is InChI=1S/C25H27N5O5/c1-15-10-23(32)29(19-12-17(34-2)4-5-18(15)19)9-3-8-26-16-11-24(33)30(13-16)21-7-6-20-25(27-21)28-22(31)14-35-20/h4-7,10,12,16,26H,3,8-9,11,13-14H2,1-2H3,(H,27,28,31)/t16-/m1/s1. The molecule has 10 nitrogen and oxygen atoms in total. The summed E-state index contributed by atoms with van der Waals surface area (Å²) in [5, 5.41) is 7.12. The summed E-state index contributed by atoms with van der Waals surface area (Å²) in [5.41, 5.74) is 1.75. The van der Waals surface area contributed by atoms with Gasteiger partial charge in [0.15, 0.2) is 18.2 Å². The van der Waals surface area contributed by atoms with Gasteiger partial charge >= 0.3 is 0 Å². The first kappa shape index (κ1) is 22.9. The molecule has 2 aliphatic heterocycles. The van der Waals surface area contributed by atoms with E-state index in [1.54, 1.807) is 34.8 Å². The van der Waals surface area contributed by atoms with E-state index in [9.17, 15) is 14.4 Å². The summed E-state index contributed by atoms with van der Waals surface area (Å²) in [6.07, 6.45) is 1.08. The van der Waals surface area contributed by atoms with Gasteiger partial charge < -0.3 is 24.7 Å². The Labute approximate surface area is 201 Å². The van der Waals surface area contributed by atoms with Crippen molar-refractivity contribution in [3.05, 3.63) is 52.3 Å². The number of aryl methyl sites for hydroxylation is 2. The lowest BCUT2D eigenvalue weighted by molar-refractivity contribution is -0.118. The van der Waals surface area contributed by atoms with Gasteiger partial charge in [-0.15, -0.1) is 0 Å². The lowest BCUT2D eigenvalue weighted by Gasteiger charge is -2.21. The molecule has 1 aromatic carbocycles. The molecule has 3 aromatic rings. The Morgan fingerprint density at radius 2 is 2.06 bits per heavy atom. The molecule has 0 bridgehead atoms. The van der Waals surface area contributed by atoms with Crippen molar-refractivity contribution in [1.29, 1.82) is 0 Å². The van der Waals surface area contributed by atoms with Crippen molar-refractivity contribution in [1.82, 2.24) is 14.9 Å². The quantitative estimate of drug-likeness (QED) is 0.499. The molecule has 2 aromatic heterocycles. The number of benzene rings is 1. The summed E-state index contributed by atoms with van der Waals surface area (Å²) in [7, 11) is 1.61. The lowest BCUT2D eigenvalue weighted by atomic mass is 10.1. The van der Waals surface area contributed by atoms with Crippen molar-refractivity contribution in [2.24, 2.45) is 0 Å². The molecule has 0 spiro atoms. The number of amides is 2. The van der Waals surface area contributed by atoms with Crippen LogP contribution in [0.4, 0.5) is 11.6 Å². The van der Waals surface area contributed by atoms with E-state index in [0.29, 0.717) is 49.2 Å². The van der Waals surface area contributed by atoms with Gasteiger partial charge in [-0.1, -0.05) is 0 Å². The molecule has 0 radical (unpaired) electrons. The van der Waals surface area contributed by atoms with Crippen LogP contribution in [0, 0.1) is 6.92 Å². The minimum atomic E-state index is -0.270. The van der Waals surface area contributed by atoms with Crippen molar-refractivity contribution >= 4 is 34.4 Å². The molecule has 1 saturated heterocycles. The molecule has 182 valence electrons. The molecule has 2 amide bonds. The van der Waals surface area contributed by atoms with E-state index in [1.165, 1.54) is 0 Å². The van der Waals surface area contributed by atoms with Gasteiger partial charge in [-0.25, -0.2) is 4.98 Å². The summed E-state index contributed by atoms with van der Waals surface area (Å²) in [5.74, 6) is 1.71. The highest BCUT2D eigenvalue weighted by Gasteiger charge is 2.32. The van der Waals surface area contributed by atoms with E-state index in [4.69, 9.17) is 9.47 Å². The monoisotopic (exact) mass is 477 g/mol.